The van der Waals surface area contributed by atoms with Crippen molar-refractivity contribution in [2.24, 2.45) is 11.3 Å². The van der Waals surface area contributed by atoms with Gasteiger partial charge in [0.2, 0.25) is 0 Å². The molecule has 1 unspecified atom stereocenters. The van der Waals surface area contributed by atoms with Crippen LogP contribution in [0.1, 0.15) is 71.6 Å². The molecule has 114 valence electrons. The highest BCUT2D eigenvalue weighted by molar-refractivity contribution is 5.26. The maximum atomic E-state index is 3.74. The van der Waals surface area contributed by atoms with Crippen LogP contribution in [0.3, 0.4) is 0 Å². The first-order valence-corrected chi connectivity index (χ1v) is 8.23. The lowest BCUT2D eigenvalue weighted by atomic mass is 9.78. The molecule has 0 saturated carbocycles. The first-order valence-electron chi connectivity index (χ1n) is 8.23. The van der Waals surface area contributed by atoms with Gasteiger partial charge in [0, 0.05) is 6.04 Å². The van der Waals surface area contributed by atoms with Crippen molar-refractivity contribution in [3.05, 3.63) is 35.4 Å². The van der Waals surface area contributed by atoms with E-state index >= 15 is 0 Å². The van der Waals surface area contributed by atoms with Crippen molar-refractivity contribution in [1.82, 2.24) is 5.32 Å². The topological polar surface area (TPSA) is 12.0 Å². The first kappa shape index (κ1) is 17.2. The van der Waals surface area contributed by atoms with Gasteiger partial charge in [-0.15, -0.1) is 0 Å². The minimum atomic E-state index is 0.286. The molecule has 1 heteroatoms. The van der Waals surface area contributed by atoms with E-state index in [4.69, 9.17) is 0 Å². The third kappa shape index (κ3) is 4.94. The Labute approximate surface area is 126 Å². The molecule has 0 radical (unpaired) electrons. The van der Waals surface area contributed by atoms with Crippen molar-refractivity contribution < 1.29 is 0 Å². The Hall–Kier alpha value is -0.820. The average molecular weight is 275 g/mol. The van der Waals surface area contributed by atoms with Gasteiger partial charge in [0.15, 0.2) is 0 Å². The molecule has 1 aromatic rings. The molecule has 1 rings (SSSR count). The van der Waals surface area contributed by atoms with Crippen LogP contribution in [0.25, 0.3) is 0 Å². The fraction of sp³-hybridized carbons (Fsp3) is 0.684. The summed E-state index contributed by atoms with van der Waals surface area (Å²) in [5.41, 5.74) is 3.17. The highest BCUT2D eigenvalue weighted by Crippen LogP contribution is 2.36. The van der Waals surface area contributed by atoms with Gasteiger partial charge in [-0.1, -0.05) is 65.8 Å². The van der Waals surface area contributed by atoms with Crippen LogP contribution in [-0.2, 0) is 6.42 Å². The van der Waals surface area contributed by atoms with E-state index in [0.29, 0.717) is 6.04 Å². The fourth-order valence-corrected chi connectivity index (χ4v) is 2.66. The van der Waals surface area contributed by atoms with Crippen LogP contribution in [0.15, 0.2) is 24.3 Å². The zero-order chi connectivity index (χ0) is 15.2. The third-order valence-electron chi connectivity index (χ3n) is 4.25. The standard InChI is InChI=1S/C19H33N/c1-7-13-20-18(19(5,6)8-2)17-11-9-16(10-12-17)14-15(3)4/h9-12,15,18,20H,7-8,13-14H2,1-6H3. The molecule has 20 heavy (non-hydrogen) atoms. The fourth-order valence-electron chi connectivity index (χ4n) is 2.66. The molecule has 1 atom stereocenters. The quantitative estimate of drug-likeness (QED) is 0.673. The van der Waals surface area contributed by atoms with E-state index in [2.05, 4.69) is 71.1 Å². The van der Waals surface area contributed by atoms with E-state index in [-0.39, 0.29) is 5.41 Å². The molecule has 0 fully saturated rings. The second-order valence-electron chi connectivity index (χ2n) is 7.07. The molecule has 0 spiro atoms. The number of nitrogens with one attached hydrogen (secondary N) is 1. The zero-order valence-electron chi connectivity index (χ0n) is 14.3. The highest BCUT2D eigenvalue weighted by atomic mass is 14.9. The molecule has 0 aromatic heterocycles. The molecule has 0 amide bonds. The summed E-state index contributed by atoms with van der Waals surface area (Å²) >= 11 is 0. The van der Waals surface area contributed by atoms with Crippen LogP contribution in [0.2, 0.25) is 0 Å². The van der Waals surface area contributed by atoms with Crippen molar-refractivity contribution in [2.45, 2.75) is 66.8 Å². The zero-order valence-corrected chi connectivity index (χ0v) is 14.3. The van der Waals surface area contributed by atoms with Crippen molar-refractivity contribution >= 4 is 0 Å². The summed E-state index contributed by atoms with van der Waals surface area (Å²) in [5.74, 6) is 0.724. The minimum Gasteiger partial charge on any atom is -0.309 e. The van der Waals surface area contributed by atoms with E-state index in [9.17, 15) is 0 Å². The van der Waals surface area contributed by atoms with Crippen molar-refractivity contribution in [3.8, 4) is 0 Å². The third-order valence-corrected chi connectivity index (χ3v) is 4.25. The molecular weight excluding hydrogens is 242 g/mol. The molecule has 0 bridgehead atoms. The lowest BCUT2D eigenvalue weighted by molar-refractivity contribution is 0.234. The van der Waals surface area contributed by atoms with Gasteiger partial charge in [0.05, 0.1) is 0 Å². The molecule has 1 N–H and O–H groups in total. The molecule has 0 heterocycles. The summed E-state index contributed by atoms with van der Waals surface area (Å²) < 4.78 is 0. The van der Waals surface area contributed by atoms with Gasteiger partial charge in [0.1, 0.15) is 0 Å². The van der Waals surface area contributed by atoms with Crippen LogP contribution >= 0.6 is 0 Å². The Bertz CT molecular complexity index is 375. The first-order chi connectivity index (χ1) is 9.40. The van der Waals surface area contributed by atoms with Gasteiger partial charge in [-0.25, -0.2) is 0 Å². The maximum absolute atomic E-state index is 3.74. The lowest BCUT2D eigenvalue weighted by Gasteiger charge is -2.35. The van der Waals surface area contributed by atoms with Crippen molar-refractivity contribution in [2.75, 3.05) is 6.54 Å². The largest absolute Gasteiger partial charge is 0.309 e. The van der Waals surface area contributed by atoms with Crippen LogP contribution in [0.4, 0.5) is 0 Å². The second kappa shape index (κ2) is 7.83. The predicted octanol–water partition coefficient (Wildman–Crippen LogP) is 5.36. The Morgan fingerprint density at radius 3 is 2.10 bits per heavy atom. The van der Waals surface area contributed by atoms with Gasteiger partial charge in [-0.3, -0.25) is 0 Å². The van der Waals surface area contributed by atoms with E-state index in [0.717, 1.165) is 12.5 Å². The van der Waals surface area contributed by atoms with E-state index < -0.39 is 0 Å². The normalized spacial score (nSPS) is 13.8. The maximum Gasteiger partial charge on any atom is 0.0371 e. The van der Waals surface area contributed by atoms with Crippen LogP contribution in [-0.4, -0.2) is 6.54 Å². The van der Waals surface area contributed by atoms with Crippen molar-refractivity contribution in [3.63, 3.8) is 0 Å². The van der Waals surface area contributed by atoms with E-state index in [1.165, 1.54) is 30.4 Å². The molecule has 1 aromatic carbocycles. The number of hydrogen-bond donors (Lipinski definition) is 1. The summed E-state index contributed by atoms with van der Waals surface area (Å²) in [7, 11) is 0. The predicted molar refractivity (Wildman–Crippen MR) is 90.1 cm³/mol. The van der Waals surface area contributed by atoms with Crippen LogP contribution in [0.5, 0.6) is 0 Å². The summed E-state index contributed by atoms with van der Waals surface area (Å²) in [5, 5.41) is 3.74. The number of benzene rings is 1. The van der Waals surface area contributed by atoms with Gasteiger partial charge in [-0.2, -0.15) is 0 Å². The average Bonchev–Trinajstić information content (AvgIpc) is 2.40. The molecule has 0 aliphatic carbocycles. The Morgan fingerprint density at radius 2 is 1.65 bits per heavy atom. The van der Waals surface area contributed by atoms with Crippen molar-refractivity contribution in [1.29, 1.82) is 0 Å². The Balaban J connectivity index is 2.90. The summed E-state index contributed by atoms with van der Waals surface area (Å²) in [6.45, 7) is 14.9. The molecule has 0 aliphatic rings. The smallest absolute Gasteiger partial charge is 0.0371 e. The van der Waals surface area contributed by atoms with Gasteiger partial charge in [0.25, 0.3) is 0 Å². The summed E-state index contributed by atoms with van der Waals surface area (Å²) in [4.78, 5) is 0. The molecule has 1 nitrogen and oxygen atoms in total. The van der Waals surface area contributed by atoms with Crippen LogP contribution < -0.4 is 5.32 Å². The molecular formula is C19H33N. The van der Waals surface area contributed by atoms with Gasteiger partial charge >= 0.3 is 0 Å². The molecule has 0 aliphatic heterocycles. The van der Waals surface area contributed by atoms with Crippen LogP contribution in [0, 0.1) is 11.3 Å². The second-order valence-corrected chi connectivity index (χ2v) is 7.07. The van der Waals surface area contributed by atoms with Gasteiger partial charge < -0.3 is 5.32 Å². The minimum absolute atomic E-state index is 0.286. The molecule has 0 saturated heterocycles. The number of rotatable bonds is 8. The van der Waals surface area contributed by atoms with E-state index in [1.54, 1.807) is 0 Å². The highest BCUT2D eigenvalue weighted by Gasteiger charge is 2.28. The SMILES string of the molecule is CCCNC(c1ccc(CC(C)C)cc1)C(C)(C)CC. The monoisotopic (exact) mass is 275 g/mol. The van der Waals surface area contributed by atoms with Gasteiger partial charge in [-0.05, 0) is 48.3 Å². The summed E-state index contributed by atoms with van der Waals surface area (Å²) in [6, 6.07) is 9.70. The Kier molecular flexibility index (Phi) is 6.75. The number of hydrogen-bond acceptors (Lipinski definition) is 1. The van der Waals surface area contributed by atoms with E-state index in [1.807, 2.05) is 0 Å². The summed E-state index contributed by atoms with van der Waals surface area (Å²) in [6.07, 6.45) is 3.54. The lowest BCUT2D eigenvalue weighted by Crippen LogP contribution is -2.34. The Morgan fingerprint density at radius 1 is 1.05 bits per heavy atom.